The van der Waals surface area contributed by atoms with Gasteiger partial charge in [-0.3, -0.25) is 9.59 Å². The largest absolute Gasteiger partial charge is 0.493 e. The normalized spacial score (nSPS) is 20.2. The Morgan fingerprint density at radius 2 is 1.75 bits per heavy atom. The van der Waals surface area contributed by atoms with Gasteiger partial charge in [-0.1, -0.05) is 0 Å². The van der Waals surface area contributed by atoms with Crippen LogP contribution in [-0.2, 0) is 9.53 Å². The molecule has 1 aromatic carbocycles. The van der Waals surface area contributed by atoms with E-state index < -0.39 is 0 Å². The summed E-state index contributed by atoms with van der Waals surface area (Å²) in [6, 6.07) is 9.16. The maximum absolute atomic E-state index is 13.0. The topological polar surface area (TPSA) is 107 Å². The van der Waals surface area contributed by atoms with Gasteiger partial charge in [0.05, 0.1) is 33.1 Å². The van der Waals surface area contributed by atoms with Crippen molar-refractivity contribution in [3.8, 4) is 22.8 Å². The van der Waals surface area contributed by atoms with E-state index in [0.29, 0.717) is 49.1 Å². The Morgan fingerprint density at radius 1 is 1.00 bits per heavy atom. The Labute approximate surface area is 209 Å². The highest BCUT2D eigenvalue weighted by molar-refractivity contribution is 5.93. The molecule has 190 valence electrons. The summed E-state index contributed by atoms with van der Waals surface area (Å²) < 4.78 is 17.8. The zero-order chi connectivity index (χ0) is 25.1. The quantitative estimate of drug-likeness (QED) is 0.562. The van der Waals surface area contributed by atoms with Crippen LogP contribution < -0.4 is 14.8 Å². The van der Waals surface area contributed by atoms with Crippen LogP contribution >= 0.6 is 0 Å². The predicted octanol–water partition coefficient (Wildman–Crippen LogP) is 2.56. The number of ether oxygens (including phenoxy) is 3. The summed E-state index contributed by atoms with van der Waals surface area (Å²) in [5.74, 6) is 1.25. The minimum absolute atomic E-state index is 0.0225. The Balaban J connectivity index is 1.26. The average Bonchev–Trinajstić information content (AvgIpc) is 3.38. The number of amides is 2. The number of hydrogen-bond donors (Lipinski definition) is 1. The third kappa shape index (κ3) is 4.86. The Morgan fingerprint density at radius 3 is 2.47 bits per heavy atom. The lowest BCUT2D eigenvalue weighted by atomic mass is 9.85. The van der Waals surface area contributed by atoms with Gasteiger partial charge in [0, 0.05) is 42.9 Å². The highest BCUT2D eigenvalue weighted by Crippen LogP contribution is 2.32. The number of nitrogens with one attached hydrogen (secondary N) is 1. The Bertz CT molecular complexity index is 1240. The molecule has 3 aromatic rings. The summed E-state index contributed by atoms with van der Waals surface area (Å²) in [6.45, 7) is 2.56. The summed E-state index contributed by atoms with van der Waals surface area (Å²) in [6.07, 6.45) is 4.79. The molecule has 0 radical (unpaired) electrons. The lowest BCUT2D eigenvalue weighted by molar-refractivity contribution is -0.140. The first-order valence-electron chi connectivity index (χ1n) is 12.3. The van der Waals surface area contributed by atoms with Crippen molar-refractivity contribution in [2.75, 3.05) is 40.5 Å². The van der Waals surface area contributed by atoms with Gasteiger partial charge in [-0.25, -0.2) is 9.50 Å². The van der Waals surface area contributed by atoms with E-state index in [1.807, 2.05) is 29.2 Å². The van der Waals surface area contributed by atoms with E-state index in [9.17, 15) is 9.59 Å². The van der Waals surface area contributed by atoms with Gasteiger partial charge >= 0.3 is 0 Å². The van der Waals surface area contributed by atoms with E-state index in [-0.39, 0.29) is 23.8 Å². The van der Waals surface area contributed by atoms with Gasteiger partial charge in [0.2, 0.25) is 5.91 Å². The molecule has 0 spiro atoms. The summed E-state index contributed by atoms with van der Waals surface area (Å²) >= 11 is 0. The molecule has 10 nitrogen and oxygen atoms in total. The molecule has 0 unspecified atom stereocenters. The first kappa shape index (κ1) is 24.1. The maximum Gasteiger partial charge on any atom is 0.272 e. The van der Waals surface area contributed by atoms with Crippen LogP contribution in [0.5, 0.6) is 11.5 Å². The molecule has 2 aliphatic rings. The van der Waals surface area contributed by atoms with Crippen LogP contribution in [0.25, 0.3) is 16.9 Å². The molecular weight excluding hydrogens is 462 g/mol. The van der Waals surface area contributed by atoms with Crippen LogP contribution in [0.2, 0.25) is 0 Å². The summed E-state index contributed by atoms with van der Waals surface area (Å²) in [4.78, 5) is 32.1. The van der Waals surface area contributed by atoms with Gasteiger partial charge in [-0.2, -0.15) is 5.10 Å². The molecule has 0 atom stereocenters. The van der Waals surface area contributed by atoms with Gasteiger partial charge in [-0.15, -0.1) is 0 Å². The van der Waals surface area contributed by atoms with Crippen molar-refractivity contribution in [2.24, 2.45) is 5.92 Å². The van der Waals surface area contributed by atoms with E-state index in [1.165, 1.54) is 0 Å². The number of methoxy groups -OCH3 is 2. The zero-order valence-electron chi connectivity index (χ0n) is 20.6. The first-order valence-corrected chi connectivity index (χ1v) is 12.3. The summed E-state index contributed by atoms with van der Waals surface area (Å²) in [5.41, 5.74) is 2.52. The van der Waals surface area contributed by atoms with E-state index in [0.717, 1.165) is 36.9 Å². The molecule has 1 N–H and O–H groups in total. The number of carbonyl (C=O) groups is 2. The first-order chi connectivity index (χ1) is 17.6. The van der Waals surface area contributed by atoms with Crippen molar-refractivity contribution in [2.45, 2.75) is 31.7 Å². The molecule has 1 aliphatic heterocycles. The van der Waals surface area contributed by atoms with Crippen LogP contribution in [0.4, 0.5) is 0 Å². The lowest BCUT2D eigenvalue weighted by Gasteiger charge is -2.34. The van der Waals surface area contributed by atoms with Crippen molar-refractivity contribution >= 4 is 17.5 Å². The third-order valence-corrected chi connectivity index (χ3v) is 7.00. The fourth-order valence-electron chi connectivity index (χ4n) is 5.01. The number of fused-ring (bicyclic) bond motifs is 1. The van der Waals surface area contributed by atoms with Crippen molar-refractivity contribution in [1.29, 1.82) is 0 Å². The highest BCUT2D eigenvalue weighted by atomic mass is 16.5. The van der Waals surface area contributed by atoms with Crippen LogP contribution in [0.15, 0.2) is 36.5 Å². The molecule has 3 heterocycles. The van der Waals surface area contributed by atoms with Crippen LogP contribution in [-0.4, -0.2) is 77.9 Å². The molecule has 2 amide bonds. The molecule has 5 rings (SSSR count). The number of rotatable bonds is 6. The van der Waals surface area contributed by atoms with Crippen molar-refractivity contribution in [1.82, 2.24) is 24.8 Å². The molecule has 0 bridgehead atoms. The smallest absolute Gasteiger partial charge is 0.272 e. The average molecular weight is 494 g/mol. The van der Waals surface area contributed by atoms with Crippen LogP contribution in [0.3, 0.4) is 0 Å². The van der Waals surface area contributed by atoms with Gasteiger partial charge in [0.15, 0.2) is 22.8 Å². The summed E-state index contributed by atoms with van der Waals surface area (Å²) in [7, 11) is 3.18. The van der Waals surface area contributed by atoms with Crippen molar-refractivity contribution in [3.05, 3.63) is 42.2 Å². The van der Waals surface area contributed by atoms with Crippen molar-refractivity contribution < 1.29 is 23.8 Å². The summed E-state index contributed by atoms with van der Waals surface area (Å²) in [5, 5.41) is 7.66. The minimum atomic E-state index is -0.235. The Kier molecular flexibility index (Phi) is 7.04. The predicted molar refractivity (Wildman–Crippen MR) is 132 cm³/mol. The standard InChI is InChI=1S/C26H31N5O5/c1-34-22-8-5-18(15-23(22)35-2)21-9-10-27-24-16-20(29-31(21)24)25(32)28-19-6-3-17(4-7-19)26(33)30-11-13-36-14-12-30/h5,8-10,15-17,19H,3-4,6-7,11-14H2,1-2H3,(H,28,32)/t17-,19-. The molecule has 1 saturated carbocycles. The highest BCUT2D eigenvalue weighted by Gasteiger charge is 2.31. The lowest BCUT2D eigenvalue weighted by Crippen LogP contribution is -2.46. The van der Waals surface area contributed by atoms with Gasteiger partial charge in [0.1, 0.15) is 0 Å². The Hall–Kier alpha value is -3.66. The molecule has 2 aromatic heterocycles. The SMILES string of the molecule is COc1ccc(-c2ccnc3cc(C(=O)N[C@H]4CC[C@H](C(=O)N5CCOCC5)CC4)nn23)cc1OC. The zero-order valence-corrected chi connectivity index (χ0v) is 20.6. The second kappa shape index (κ2) is 10.5. The van der Waals surface area contributed by atoms with Crippen LogP contribution in [0.1, 0.15) is 36.2 Å². The van der Waals surface area contributed by atoms with Gasteiger partial charge in [-0.05, 0) is 49.9 Å². The van der Waals surface area contributed by atoms with Crippen LogP contribution in [0, 0.1) is 5.92 Å². The molecule has 2 fully saturated rings. The number of carbonyl (C=O) groups excluding carboxylic acids is 2. The molecule has 1 aliphatic carbocycles. The number of morpholine rings is 1. The maximum atomic E-state index is 13.0. The van der Waals surface area contributed by atoms with E-state index in [1.54, 1.807) is 31.0 Å². The van der Waals surface area contributed by atoms with Gasteiger partial charge in [0.25, 0.3) is 5.91 Å². The van der Waals surface area contributed by atoms with E-state index in [4.69, 9.17) is 14.2 Å². The second-order valence-corrected chi connectivity index (χ2v) is 9.16. The third-order valence-electron chi connectivity index (χ3n) is 7.00. The second-order valence-electron chi connectivity index (χ2n) is 9.16. The number of aromatic nitrogens is 3. The minimum Gasteiger partial charge on any atom is -0.493 e. The number of benzene rings is 1. The van der Waals surface area contributed by atoms with Crippen molar-refractivity contribution in [3.63, 3.8) is 0 Å². The number of nitrogens with zero attached hydrogens (tertiary/aromatic N) is 4. The fraction of sp³-hybridized carbons (Fsp3) is 0.462. The monoisotopic (exact) mass is 493 g/mol. The molecule has 36 heavy (non-hydrogen) atoms. The van der Waals surface area contributed by atoms with Gasteiger partial charge < -0.3 is 24.4 Å². The molecule has 1 saturated heterocycles. The number of hydrogen-bond acceptors (Lipinski definition) is 7. The molecular formula is C26H31N5O5. The van der Waals surface area contributed by atoms with E-state index in [2.05, 4.69) is 15.4 Å². The van der Waals surface area contributed by atoms with E-state index >= 15 is 0 Å². The fourth-order valence-corrected chi connectivity index (χ4v) is 5.01. The molecule has 10 heteroatoms.